The van der Waals surface area contributed by atoms with Gasteiger partial charge in [0, 0.05) is 16.9 Å². The van der Waals surface area contributed by atoms with Crippen LogP contribution in [0.2, 0.25) is 0 Å². The molecule has 0 unspecified atom stereocenters. The molecule has 0 amide bonds. The van der Waals surface area contributed by atoms with E-state index < -0.39 is 5.41 Å². The highest BCUT2D eigenvalue weighted by Crippen LogP contribution is 2.63. The fraction of sp³-hybridized carbons (Fsp3) is 0.275. The molecule has 1 saturated heterocycles. The van der Waals surface area contributed by atoms with Gasteiger partial charge in [-0.2, -0.15) is 0 Å². The topological polar surface area (TPSA) is 6.48 Å². The van der Waals surface area contributed by atoms with E-state index in [4.69, 9.17) is 0 Å². The van der Waals surface area contributed by atoms with Crippen molar-refractivity contribution in [3.8, 4) is 11.1 Å². The molecule has 1 radical (unpaired) electrons. The van der Waals surface area contributed by atoms with Crippen LogP contribution in [0, 0.1) is 11.5 Å². The average molecular weight is 692 g/mol. The van der Waals surface area contributed by atoms with Gasteiger partial charge >= 0.3 is 0 Å². The molecule has 0 aromatic heterocycles. The highest BCUT2D eigenvalue weighted by atomic mass is 15.3. The quantitative estimate of drug-likeness (QED) is 0.177. The summed E-state index contributed by atoms with van der Waals surface area (Å²) in [5.41, 5.74) is 16.8. The minimum atomic E-state index is -0.398. The monoisotopic (exact) mass is 691 g/mol. The molecule has 1 spiro atoms. The summed E-state index contributed by atoms with van der Waals surface area (Å²) in [6, 6.07) is 54.2. The van der Waals surface area contributed by atoms with Gasteiger partial charge in [-0.15, -0.1) is 0 Å². The van der Waals surface area contributed by atoms with Gasteiger partial charge in [-0.25, -0.2) is 0 Å². The highest BCUT2D eigenvalue weighted by molar-refractivity contribution is 5.95. The predicted octanol–water partition coefficient (Wildman–Crippen LogP) is 13.7. The Labute approximate surface area is 317 Å². The molecule has 2 nitrogen and oxygen atoms in total. The molecular weight excluding hydrogens is 641 g/mol. The lowest BCUT2D eigenvalue weighted by Gasteiger charge is -2.45. The molecule has 0 saturated carbocycles. The van der Waals surface area contributed by atoms with Crippen molar-refractivity contribution >= 4 is 22.7 Å². The smallest absolute Gasteiger partial charge is 0.0989 e. The molecule has 6 aromatic carbocycles. The van der Waals surface area contributed by atoms with Gasteiger partial charge < -0.3 is 9.80 Å². The Morgan fingerprint density at radius 3 is 1.43 bits per heavy atom. The zero-order valence-electron chi connectivity index (χ0n) is 32.5. The van der Waals surface area contributed by atoms with Gasteiger partial charge in [0.1, 0.15) is 0 Å². The van der Waals surface area contributed by atoms with Crippen LogP contribution in [0.1, 0.15) is 113 Å². The zero-order chi connectivity index (χ0) is 36.9. The van der Waals surface area contributed by atoms with Gasteiger partial charge in [-0.3, -0.25) is 0 Å². The van der Waals surface area contributed by atoms with E-state index >= 15 is 0 Å². The Bertz CT molecular complexity index is 2240. The first-order valence-corrected chi connectivity index (χ1v) is 19.6. The van der Waals surface area contributed by atoms with Gasteiger partial charge in [-0.1, -0.05) is 157 Å². The highest BCUT2D eigenvalue weighted by Gasteiger charge is 2.54. The first-order chi connectivity index (χ1) is 25.5. The van der Waals surface area contributed by atoms with Crippen molar-refractivity contribution in [3.05, 3.63) is 185 Å². The van der Waals surface area contributed by atoms with Crippen LogP contribution in [-0.4, -0.2) is 5.54 Å². The lowest BCUT2D eigenvalue weighted by atomic mass is 9.64. The molecule has 2 heteroatoms. The number of hydrogen-bond donors (Lipinski definition) is 0. The maximum atomic E-state index is 2.73. The second-order valence-corrected chi connectivity index (χ2v) is 17.4. The van der Waals surface area contributed by atoms with E-state index in [9.17, 15) is 0 Å². The second kappa shape index (κ2) is 12.0. The van der Waals surface area contributed by atoms with Crippen LogP contribution in [0.5, 0.6) is 0 Å². The first kappa shape index (κ1) is 33.7. The maximum Gasteiger partial charge on any atom is 0.0989 e. The molecule has 9 rings (SSSR count). The third-order valence-corrected chi connectivity index (χ3v) is 12.4. The number of hydrogen-bond acceptors (Lipinski definition) is 2. The minimum Gasteiger partial charge on any atom is -0.353 e. The SMILES string of the molecule is CC(C)c1cccc(C(C)C)c1N1[C](c2ccc(N3c4ccccc4C4(c5ccccc5-c5ccccc54)c4ccccc43)cc2)C(C)(C)CC1(C)C. The average Bonchev–Trinajstić information content (AvgIpc) is 3.55. The van der Waals surface area contributed by atoms with Crippen LogP contribution in [0.25, 0.3) is 11.1 Å². The molecule has 53 heavy (non-hydrogen) atoms. The molecule has 1 fully saturated rings. The Morgan fingerprint density at radius 2 is 0.943 bits per heavy atom. The van der Waals surface area contributed by atoms with Crippen molar-refractivity contribution in [3.63, 3.8) is 0 Å². The van der Waals surface area contributed by atoms with Gasteiger partial charge in [0.25, 0.3) is 0 Å². The summed E-state index contributed by atoms with van der Waals surface area (Å²) in [6.07, 6.45) is 1.08. The van der Waals surface area contributed by atoms with E-state index in [1.54, 1.807) is 0 Å². The van der Waals surface area contributed by atoms with Crippen LogP contribution in [0.3, 0.4) is 0 Å². The number of rotatable bonds is 5. The van der Waals surface area contributed by atoms with Crippen molar-refractivity contribution in [1.29, 1.82) is 0 Å². The zero-order valence-corrected chi connectivity index (χ0v) is 32.5. The summed E-state index contributed by atoms with van der Waals surface area (Å²) >= 11 is 0. The minimum absolute atomic E-state index is 0.0106. The van der Waals surface area contributed by atoms with Crippen LogP contribution < -0.4 is 9.80 Å². The van der Waals surface area contributed by atoms with E-state index in [2.05, 4.69) is 205 Å². The predicted molar refractivity (Wildman–Crippen MR) is 224 cm³/mol. The normalized spacial score (nSPS) is 17.6. The Balaban J connectivity index is 1.21. The maximum absolute atomic E-state index is 2.73. The third-order valence-electron chi connectivity index (χ3n) is 12.4. The number of anilines is 4. The van der Waals surface area contributed by atoms with E-state index in [-0.39, 0.29) is 11.0 Å². The largest absolute Gasteiger partial charge is 0.353 e. The first-order valence-electron chi connectivity index (χ1n) is 19.6. The molecule has 2 aliphatic heterocycles. The fourth-order valence-corrected chi connectivity index (χ4v) is 10.7. The number of benzene rings is 6. The summed E-state index contributed by atoms with van der Waals surface area (Å²) in [6.45, 7) is 19.1. The van der Waals surface area contributed by atoms with Crippen LogP contribution in [0.15, 0.2) is 140 Å². The molecule has 3 aliphatic rings. The number of nitrogens with zero attached hydrogens (tertiary/aromatic N) is 2. The molecule has 0 bridgehead atoms. The van der Waals surface area contributed by atoms with Crippen molar-refractivity contribution in [2.24, 2.45) is 5.41 Å². The lowest BCUT2D eigenvalue weighted by Crippen LogP contribution is -2.42. The van der Waals surface area contributed by atoms with E-state index in [1.807, 2.05) is 0 Å². The fourth-order valence-electron chi connectivity index (χ4n) is 10.7. The number of fused-ring (bicyclic) bond motifs is 9. The van der Waals surface area contributed by atoms with Crippen molar-refractivity contribution in [2.45, 2.75) is 84.6 Å². The van der Waals surface area contributed by atoms with E-state index in [0.717, 1.165) is 6.42 Å². The van der Waals surface area contributed by atoms with E-state index in [0.29, 0.717) is 11.8 Å². The molecular formula is C51H51N2. The Morgan fingerprint density at radius 1 is 0.491 bits per heavy atom. The standard InChI is InChI=1S/C51H51N2/c1-33(2)37-20-17-21-38(34(3)4)47(37)53-48(49(5,6)32-50(53,7)8)35-28-30-36(31-29-35)52-45-26-15-13-24-43(45)51(44-25-14-16-27-46(44)52)41-22-11-9-18-39(41)40-19-10-12-23-42(40)51/h9-31,33-34H,32H2,1-8H3. The van der Waals surface area contributed by atoms with Gasteiger partial charge in [0.05, 0.1) is 22.8 Å². The van der Waals surface area contributed by atoms with Crippen LogP contribution in [-0.2, 0) is 5.41 Å². The molecule has 0 atom stereocenters. The third kappa shape index (κ3) is 4.77. The molecule has 1 aliphatic carbocycles. The second-order valence-electron chi connectivity index (χ2n) is 17.4. The summed E-state index contributed by atoms with van der Waals surface area (Å²) < 4.78 is 0. The van der Waals surface area contributed by atoms with E-state index in [1.165, 1.54) is 78.9 Å². The van der Waals surface area contributed by atoms with Gasteiger partial charge in [-0.05, 0) is 112 Å². The summed E-state index contributed by atoms with van der Waals surface area (Å²) in [4.78, 5) is 5.23. The summed E-state index contributed by atoms with van der Waals surface area (Å²) in [5, 5.41) is 0. The summed E-state index contributed by atoms with van der Waals surface area (Å²) in [7, 11) is 0. The Kier molecular flexibility index (Phi) is 7.62. The van der Waals surface area contributed by atoms with Crippen LogP contribution in [0.4, 0.5) is 22.7 Å². The lowest BCUT2D eigenvalue weighted by molar-refractivity contribution is 0.376. The van der Waals surface area contributed by atoms with Crippen LogP contribution >= 0.6 is 0 Å². The van der Waals surface area contributed by atoms with Crippen molar-refractivity contribution < 1.29 is 0 Å². The molecule has 2 heterocycles. The van der Waals surface area contributed by atoms with Crippen molar-refractivity contribution in [2.75, 3.05) is 9.80 Å². The van der Waals surface area contributed by atoms with Crippen molar-refractivity contribution in [1.82, 2.24) is 0 Å². The molecule has 0 N–H and O–H groups in total. The number of para-hydroxylation sites is 3. The Hall–Kier alpha value is -5.08. The summed E-state index contributed by atoms with van der Waals surface area (Å²) in [5.74, 6) is 0.848. The molecule has 265 valence electrons. The van der Waals surface area contributed by atoms with Gasteiger partial charge in [0.15, 0.2) is 0 Å². The molecule has 6 aromatic rings. The van der Waals surface area contributed by atoms with Gasteiger partial charge in [0.2, 0.25) is 0 Å².